The normalized spacial score (nSPS) is 30.2. The molecule has 2 heterocycles. The second-order valence-electron chi connectivity index (χ2n) is 8.01. The van der Waals surface area contributed by atoms with Crippen molar-refractivity contribution in [3.63, 3.8) is 0 Å². The van der Waals surface area contributed by atoms with E-state index in [0.29, 0.717) is 13.1 Å². The smallest absolute Gasteiger partial charge is 0.307 e. The summed E-state index contributed by atoms with van der Waals surface area (Å²) in [4.78, 5) is 29.0. The molecule has 2 fully saturated rings. The SMILES string of the molecule is CCn1ncc(CN2CCN(C(=O)[C@@H]3[C@@H](C(=O)O)[C@H]4C=C[C@H]3C4)CC2)c1C. The van der Waals surface area contributed by atoms with Crippen molar-refractivity contribution in [2.45, 2.75) is 33.4 Å². The fourth-order valence-electron chi connectivity index (χ4n) is 5.03. The number of hydrogen-bond acceptors (Lipinski definition) is 4. The van der Waals surface area contributed by atoms with Gasteiger partial charge in [-0.1, -0.05) is 12.2 Å². The minimum atomic E-state index is -0.827. The van der Waals surface area contributed by atoms with E-state index in [1.165, 1.54) is 11.3 Å². The van der Waals surface area contributed by atoms with Gasteiger partial charge in [0, 0.05) is 50.5 Å². The van der Waals surface area contributed by atoms with Crippen molar-refractivity contribution in [2.24, 2.45) is 23.7 Å². The van der Waals surface area contributed by atoms with Crippen LogP contribution in [0.2, 0.25) is 0 Å². The van der Waals surface area contributed by atoms with Crippen LogP contribution in [-0.4, -0.2) is 62.7 Å². The Balaban J connectivity index is 1.36. The molecule has 1 aliphatic heterocycles. The van der Waals surface area contributed by atoms with Gasteiger partial charge in [0.25, 0.3) is 0 Å². The Morgan fingerprint density at radius 3 is 2.41 bits per heavy atom. The molecular formula is C20H28N4O3. The van der Waals surface area contributed by atoms with Crippen molar-refractivity contribution >= 4 is 11.9 Å². The number of fused-ring (bicyclic) bond motifs is 2. The van der Waals surface area contributed by atoms with E-state index in [9.17, 15) is 14.7 Å². The minimum absolute atomic E-state index is 0.0285. The first-order chi connectivity index (χ1) is 13.0. The van der Waals surface area contributed by atoms with Crippen molar-refractivity contribution < 1.29 is 14.7 Å². The van der Waals surface area contributed by atoms with E-state index in [4.69, 9.17) is 0 Å². The Kier molecular flexibility index (Phi) is 4.80. The predicted octanol–water partition coefficient (Wildman–Crippen LogP) is 1.38. The van der Waals surface area contributed by atoms with Gasteiger partial charge in [-0.05, 0) is 32.1 Å². The van der Waals surface area contributed by atoms with Gasteiger partial charge in [0.1, 0.15) is 0 Å². The van der Waals surface area contributed by atoms with Crippen LogP contribution in [0.3, 0.4) is 0 Å². The van der Waals surface area contributed by atoms with Crippen LogP contribution >= 0.6 is 0 Å². The van der Waals surface area contributed by atoms with Gasteiger partial charge in [0.05, 0.1) is 18.0 Å². The number of nitrogens with zero attached hydrogens (tertiary/aromatic N) is 4. The molecule has 1 amide bonds. The van der Waals surface area contributed by atoms with Crippen LogP contribution in [0, 0.1) is 30.6 Å². The zero-order valence-electron chi connectivity index (χ0n) is 16.0. The summed E-state index contributed by atoms with van der Waals surface area (Å²) in [6, 6.07) is 0. The van der Waals surface area contributed by atoms with Crippen LogP contribution in [0.1, 0.15) is 24.6 Å². The van der Waals surface area contributed by atoms with Crippen LogP contribution in [0.5, 0.6) is 0 Å². The Labute approximate surface area is 159 Å². The third kappa shape index (κ3) is 3.18. The lowest BCUT2D eigenvalue weighted by molar-refractivity contribution is -0.151. The first-order valence-electron chi connectivity index (χ1n) is 9.93. The fraction of sp³-hybridized carbons (Fsp3) is 0.650. The molecule has 4 rings (SSSR count). The number of aromatic nitrogens is 2. The number of hydrogen-bond donors (Lipinski definition) is 1. The summed E-state index contributed by atoms with van der Waals surface area (Å²) in [7, 11) is 0. The van der Waals surface area contributed by atoms with Crippen LogP contribution < -0.4 is 0 Å². The van der Waals surface area contributed by atoms with Crippen molar-refractivity contribution in [1.29, 1.82) is 0 Å². The van der Waals surface area contributed by atoms with Gasteiger partial charge in [-0.15, -0.1) is 0 Å². The maximum Gasteiger partial charge on any atom is 0.307 e. The highest BCUT2D eigenvalue weighted by Gasteiger charge is 2.52. The van der Waals surface area contributed by atoms with Crippen molar-refractivity contribution in [3.8, 4) is 0 Å². The maximum absolute atomic E-state index is 13.1. The van der Waals surface area contributed by atoms with E-state index in [2.05, 4.69) is 29.9 Å². The number of piperazine rings is 1. The Hall–Kier alpha value is -2.15. The monoisotopic (exact) mass is 372 g/mol. The van der Waals surface area contributed by atoms with Crippen molar-refractivity contribution in [1.82, 2.24) is 19.6 Å². The summed E-state index contributed by atoms with van der Waals surface area (Å²) in [5, 5.41) is 14.0. The molecule has 1 aromatic rings. The number of carboxylic acids is 1. The molecule has 27 heavy (non-hydrogen) atoms. The number of aliphatic carboxylic acids is 1. The average molecular weight is 372 g/mol. The lowest BCUT2D eigenvalue weighted by Gasteiger charge is -2.37. The zero-order chi connectivity index (χ0) is 19.1. The molecule has 2 aliphatic carbocycles. The second-order valence-corrected chi connectivity index (χ2v) is 8.01. The standard InChI is InChI=1S/C20H28N4O3/c1-3-24-13(2)16(11-21-24)12-22-6-8-23(9-7-22)19(25)17-14-4-5-15(10-14)18(17)20(26)27/h4-5,11,14-15,17-18H,3,6-10,12H2,1-2H3,(H,26,27)/t14-,15-,17-,18-/m0/s1. The van der Waals surface area contributed by atoms with Gasteiger partial charge in [0.15, 0.2) is 0 Å². The summed E-state index contributed by atoms with van der Waals surface area (Å²) in [5.41, 5.74) is 2.44. The Bertz CT molecular complexity index is 763. The second kappa shape index (κ2) is 7.11. The van der Waals surface area contributed by atoms with Gasteiger partial charge in [-0.2, -0.15) is 5.10 Å². The molecule has 1 saturated heterocycles. The van der Waals surface area contributed by atoms with Gasteiger partial charge >= 0.3 is 5.97 Å². The summed E-state index contributed by atoms with van der Waals surface area (Å²) >= 11 is 0. The topological polar surface area (TPSA) is 78.7 Å². The predicted molar refractivity (Wildman–Crippen MR) is 99.8 cm³/mol. The van der Waals surface area contributed by atoms with Crippen molar-refractivity contribution in [3.05, 3.63) is 29.6 Å². The summed E-state index contributed by atoms with van der Waals surface area (Å²) in [5.74, 6) is -1.59. The third-order valence-corrected chi connectivity index (χ3v) is 6.61. The molecule has 7 heteroatoms. The molecule has 2 bridgehead atoms. The number of carbonyl (C=O) groups excluding carboxylic acids is 1. The van der Waals surface area contributed by atoms with E-state index in [0.717, 1.165) is 32.6 Å². The van der Waals surface area contributed by atoms with Crippen molar-refractivity contribution in [2.75, 3.05) is 26.2 Å². The average Bonchev–Trinajstić information content (AvgIpc) is 3.37. The molecule has 4 atom stereocenters. The Morgan fingerprint density at radius 2 is 1.81 bits per heavy atom. The van der Waals surface area contributed by atoms with Crippen LogP contribution in [0.15, 0.2) is 18.3 Å². The van der Waals surface area contributed by atoms with E-state index in [-0.39, 0.29) is 23.7 Å². The first kappa shape index (κ1) is 18.2. The number of amides is 1. The van der Waals surface area contributed by atoms with Gasteiger partial charge in [-0.3, -0.25) is 19.2 Å². The van der Waals surface area contributed by atoms with E-state index in [1.54, 1.807) is 0 Å². The summed E-state index contributed by atoms with van der Waals surface area (Å²) in [6.45, 7) is 8.88. The number of rotatable bonds is 5. The lowest BCUT2D eigenvalue weighted by Crippen LogP contribution is -2.52. The first-order valence-corrected chi connectivity index (χ1v) is 9.93. The molecule has 1 aromatic heterocycles. The van der Waals surface area contributed by atoms with Crippen LogP contribution in [0.25, 0.3) is 0 Å². The highest BCUT2D eigenvalue weighted by molar-refractivity contribution is 5.87. The van der Waals surface area contributed by atoms with E-state index >= 15 is 0 Å². The van der Waals surface area contributed by atoms with E-state index < -0.39 is 11.9 Å². The molecule has 0 aromatic carbocycles. The van der Waals surface area contributed by atoms with Gasteiger partial charge in [0.2, 0.25) is 5.91 Å². The highest BCUT2D eigenvalue weighted by Crippen LogP contribution is 2.48. The molecular weight excluding hydrogens is 344 g/mol. The summed E-state index contributed by atoms with van der Waals surface area (Å²) < 4.78 is 2.00. The van der Waals surface area contributed by atoms with Crippen LogP contribution in [0.4, 0.5) is 0 Å². The number of carbonyl (C=O) groups is 2. The number of allylic oxidation sites excluding steroid dienone is 2. The molecule has 0 unspecified atom stereocenters. The largest absolute Gasteiger partial charge is 0.481 e. The van der Waals surface area contributed by atoms with E-state index in [1.807, 2.05) is 21.9 Å². The lowest BCUT2D eigenvalue weighted by atomic mass is 9.82. The zero-order valence-corrected chi connectivity index (χ0v) is 16.0. The third-order valence-electron chi connectivity index (χ3n) is 6.61. The molecule has 7 nitrogen and oxygen atoms in total. The molecule has 1 N–H and O–H groups in total. The van der Waals surface area contributed by atoms with Gasteiger partial charge in [-0.25, -0.2) is 0 Å². The summed E-state index contributed by atoms with van der Waals surface area (Å²) in [6.07, 6.45) is 6.80. The molecule has 0 radical (unpaired) electrons. The van der Waals surface area contributed by atoms with Crippen LogP contribution in [-0.2, 0) is 22.7 Å². The fourth-order valence-corrected chi connectivity index (χ4v) is 5.03. The molecule has 146 valence electrons. The molecule has 1 saturated carbocycles. The molecule has 0 spiro atoms. The van der Waals surface area contributed by atoms with Gasteiger partial charge < -0.3 is 10.0 Å². The number of carboxylic acid groups (broad SMARTS) is 1. The number of aryl methyl sites for hydroxylation is 1. The minimum Gasteiger partial charge on any atom is -0.481 e. The molecule has 3 aliphatic rings. The quantitative estimate of drug-likeness (QED) is 0.790. The highest BCUT2D eigenvalue weighted by atomic mass is 16.4. The maximum atomic E-state index is 13.1. The Morgan fingerprint density at radius 1 is 1.15 bits per heavy atom.